The van der Waals surface area contributed by atoms with E-state index < -0.39 is 11.5 Å². The molecule has 1 amide bonds. The van der Waals surface area contributed by atoms with Crippen LogP contribution in [0.5, 0.6) is 0 Å². The third-order valence-electron chi connectivity index (χ3n) is 3.99. The van der Waals surface area contributed by atoms with Crippen LogP contribution in [0.2, 0.25) is 0 Å². The summed E-state index contributed by atoms with van der Waals surface area (Å²) in [5.41, 5.74) is 0.936. The highest BCUT2D eigenvalue weighted by Gasteiger charge is 2.27. The fourth-order valence-corrected chi connectivity index (χ4v) is 4.76. The lowest BCUT2D eigenvalue weighted by molar-refractivity contribution is -0.113. The maximum absolute atomic E-state index is 12.4. The molecule has 0 bridgehead atoms. The first-order chi connectivity index (χ1) is 13.0. The SMILES string of the molecule is CCOC(=O)c1c(NC(=O)CSc2nncc(=O)n2N)sc2c1CCCC2. The van der Waals surface area contributed by atoms with Gasteiger partial charge >= 0.3 is 5.97 Å². The van der Waals surface area contributed by atoms with E-state index in [0.29, 0.717) is 10.6 Å². The third kappa shape index (κ3) is 4.30. The molecule has 144 valence electrons. The van der Waals surface area contributed by atoms with Crippen molar-refractivity contribution in [3.63, 3.8) is 0 Å². The number of carbonyl (C=O) groups is 2. The summed E-state index contributed by atoms with van der Waals surface area (Å²) in [6, 6.07) is 0. The van der Waals surface area contributed by atoms with Gasteiger partial charge in [0.25, 0.3) is 5.56 Å². The van der Waals surface area contributed by atoms with E-state index in [0.717, 1.165) is 58.8 Å². The second kappa shape index (κ2) is 8.53. The second-order valence-electron chi connectivity index (χ2n) is 5.81. The minimum Gasteiger partial charge on any atom is -0.462 e. The van der Waals surface area contributed by atoms with E-state index in [1.807, 2.05) is 0 Å². The summed E-state index contributed by atoms with van der Waals surface area (Å²) in [7, 11) is 0. The zero-order valence-corrected chi connectivity index (χ0v) is 16.3. The smallest absolute Gasteiger partial charge is 0.341 e. The van der Waals surface area contributed by atoms with E-state index >= 15 is 0 Å². The van der Waals surface area contributed by atoms with E-state index in [-0.39, 0.29) is 23.4 Å². The highest BCUT2D eigenvalue weighted by Crippen LogP contribution is 2.38. The molecule has 0 spiro atoms. The molecule has 0 saturated carbocycles. The van der Waals surface area contributed by atoms with Crippen LogP contribution in [-0.2, 0) is 22.4 Å². The zero-order chi connectivity index (χ0) is 19.4. The standard InChI is InChI=1S/C16H19N5O4S2/c1-2-25-15(24)13-9-5-3-4-6-10(9)27-14(13)19-11(22)8-26-16-20-18-7-12(23)21(16)17/h7H,2-6,8,17H2,1H3,(H,19,22). The van der Waals surface area contributed by atoms with Crippen LogP contribution in [-0.4, -0.2) is 39.1 Å². The van der Waals surface area contributed by atoms with Crippen LogP contribution in [0.15, 0.2) is 16.1 Å². The number of hydrogen-bond acceptors (Lipinski definition) is 9. The third-order valence-corrected chi connectivity index (χ3v) is 6.14. The number of rotatable bonds is 6. The second-order valence-corrected chi connectivity index (χ2v) is 7.86. The molecule has 0 unspecified atom stereocenters. The summed E-state index contributed by atoms with van der Waals surface area (Å²) in [6.07, 6.45) is 4.78. The number of ether oxygens (including phenoxy) is 1. The molecule has 0 aliphatic heterocycles. The zero-order valence-electron chi connectivity index (χ0n) is 14.7. The van der Waals surface area contributed by atoms with E-state index in [1.54, 1.807) is 6.92 Å². The Balaban J connectivity index is 1.75. The number of fused-ring (bicyclic) bond motifs is 1. The molecular formula is C16H19N5O4S2. The molecule has 27 heavy (non-hydrogen) atoms. The fraction of sp³-hybridized carbons (Fsp3) is 0.438. The van der Waals surface area contributed by atoms with Crippen LogP contribution >= 0.6 is 23.1 Å². The number of thiophene rings is 1. The van der Waals surface area contributed by atoms with Gasteiger partial charge in [-0.1, -0.05) is 11.8 Å². The molecule has 0 atom stereocenters. The highest BCUT2D eigenvalue weighted by atomic mass is 32.2. The van der Waals surface area contributed by atoms with Gasteiger partial charge in [0, 0.05) is 4.88 Å². The molecular weight excluding hydrogens is 390 g/mol. The quantitative estimate of drug-likeness (QED) is 0.414. The predicted octanol–water partition coefficient (Wildman–Crippen LogP) is 1.20. The summed E-state index contributed by atoms with van der Waals surface area (Å²) in [4.78, 5) is 37.3. The van der Waals surface area contributed by atoms with Gasteiger partial charge in [-0.3, -0.25) is 9.59 Å². The number of aromatic nitrogens is 3. The number of amides is 1. The van der Waals surface area contributed by atoms with Crippen LogP contribution in [0.3, 0.4) is 0 Å². The number of carbonyl (C=O) groups excluding carboxylic acids is 2. The molecule has 9 nitrogen and oxygen atoms in total. The Labute approximate surface area is 163 Å². The molecule has 0 saturated heterocycles. The van der Waals surface area contributed by atoms with Gasteiger partial charge in [0.05, 0.1) is 17.9 Å². The monoisotopic (exact) mass is 409 g/mol. The molecule has 2 heterocycles. The number of thioether (sulfide) groups is 1. The summed E-state index contributed by atoms with van der Waals surface area (Å²) < 4.78 is 6.00. The van der Waals surface area contributed by atoms with E-state index in [1.165, 1.54) is 11.3 Å². The molecule has 3 N–H and O–H groups in total. The highest BCUT2D eigenvalue weighted by molar-refractivity contribution is 7.99. The van der Waals surface area contributed by atoms with Gasteiger partial charge in [0.2, 0.25) is 11.1 Å². The predicted molar refractivity (Wildman–Crippen MR) is 103 cm³/mol. The lowest BCUT2D eigenvalue weighted by Gasteiger charge is -2.12. The maximum atomic E-state index is 12.4. The van der Waals surface area contributed by atoms with Gasteiger partial charge in [0.1, 0.15) is 11.2 Å². The van der Waals surface area contributed by atoms with Crippen molar-refractivity contribution in [1.29, 1.82) is 0 Å². The van der Waals surface area contributed by atoms with Crippen molar-refractivity contribution in [2.24, 2.45) is 0 Å². The Kier molecular flexibility index (Phi) is 6.11. The summed E-state index contributed by atoms with van der Waals surface area (Å²) in [5, 5.41) is 10.7. The van der Waals surface area contributed by atoms with Crippen LogP contribution < -0.4 is 16.7 Å². The van der Waals surface area contributed by atoms with Crippen molar-refractivity contribution < 1.29 is 14.3 Å². The minimum absolute atomic E-state index is 0.0276. The summed E-state index contributed by atoms with van der Waals surface area (Å²) in [5.74, 6) is 4.80. The van der Waals surface area contributed by atoms with Crippen molar-refractivity contribution in [3.8, 4) is 0 Å². The molecule has 1 aliphatic carbocycles. The molecule has 0 fully saturated rings. The topological polar surface area (TPSA) is 129 Å². The minimum atomic E-state index is -0.511. The van der Waals surface area contributed by atoms with Gasteiger partial charge in [-0.15, -0.1) is 16.4 Å². The average molecular weight is 409 g/mol. The molecule has 0 radical (unpaired) electrons. The van der Waals surface area contributed by atoms with Gasteiger partial charge in [0.15, 0.2) is 0 Å². The lowest BCUT2D eigenvalue weighted by atomic mass is 9.95. The molecule has 2 aromatic rings. The average Bonchev–Trinajstić information content (AvgIpc) is 3.01. The van der Waals surface area contributed by atoms with Gasteiger partial charge in [-0.2, -0.15) is 9.77 Å². The Morgan fingerprint density at radius 3 is 2.96 bits per heavy atom. The number of nitrogens with zero attached hydrogens (tertiary/aromatic N) is 3. The van der Waals surface area contributed by atoms with Gasteiger partial charge in [-0.05, 0) is 38.2 Å². The summed E-state index contributed by atoms with van der Waals surface area (Å²) in [6.45, 7) is 2.02. The number of nitrogens with two attached hydrogens (primary N) is 1. The normalized spacial score (nSPS) is 13.1. The number of anilines is 1. The van der Waals surface area contributed by atoms with Gasteiger partial charge < -0.3 is 15.9 Å². The first-order valence-corrected chi connectivity index (χ1v) is 10.3. The largest absolute Gasteiger partial charge is 0.462 e. The number of nitrogen functional groups attached to an aromatic ring is 1. The summed E-state index contributed by atoms with van der Waals surface area (Å²) >= 11 is 2.41. The molecule has 2 aromatic heterocycles. The Bertz CT molecular complexity index is 924. The number of aryl methyl sites for hydroxylation is 1. The van der Waals surface area contributed by atoms with Crippen molar-refractivity contribution >= 4 is 40.0 Å². The van der Waals surface area contributed by atoms with Crippen molar-refractivity contribution in [2.75, 3.05) is 23.5 Å². The van der Waals surface area contributed by atoms with E-state index in [4.69, 9.17) is 10.6 Å². The molecule has 11 heteroatoms. The van der Waals surface area contributed by atoms with Crippen LogP contribution in [0.1, 0.15) is 40.6 Å². The van der Waals surface area contributed by atoms with Crippen LogP contribution in [0.25, 0.3) is 0 Å². The van der Waals surface area contributed by atoms with Crippen LogP contribution in [0.4, 0.5) is 5.00 Å². The number of hydrogen-bond donors (Lipinski definition) is 2. The van der Waals surface area contributed by atoms with E-state index in [2.05, 4.69) is 15.5 Å². The van der Waals surface area contributed by atoms with E-state index in [9.17, 15) is 14.4 Å². The van der Waals surface area contributed by atoms with Crippen molar-refractivity contribution in [2.45, 2.75) is 37.8 Å². The van der Waals surface area contributed by atoms with Crippen LogP contribution in [0, 0.1) is 0 Å². The Morgan fingerprint density at radius 2 is 2.19 bits per heavy atom. The lowest BCUT2D eigenvalue weighted by Crippen LogP contribution is -2.30. The molecule has 0 aromatic carbocycles. The Morgan fingerprint density at radius 1 is 1.41 bits per heavy atom. The number of nitrogens with one attached hydrogen (secondary N) is 1. The molecule has 1 aliphatic rings. The molecule has 3 rings (SSSR count). The maximum Gasteiger partial charge on any atom is 0.341 e. The first kappa shape index (κ1) is 19.4. The van der Waals surface area contributed by atoms with Gasteiger partial charge in [-0.25, -0.2) is 4.79 Å². The first-order valence-electron chi connectivity index (χ1n) is 8.45. The Hall–Kier alpha value is -2.40. The number of esters is 1. The van der Waals surface area contributed by atoms with Crippen molar-refractivity contribution in [1.82, 2.24) is 14.9 Å². The fourth-order valence-electron chi connectivity index (χ4n) is 2.80. The van der Waals surface area contributed by atoms with Crippen molar-refractivity contribution in [3.05, 3.63) is 32.6 Å².